The van der Waals surface area contributed by atoms with Gasteiger partial charge in [-0.15, -0.1) is 0 Å². The normalized spacial score (nSPS) is 10.4. The molecule has 25 heavy (non-hydrogen) atoms. The quantitative estimate of drug-likeness (QED) is 0.590. The van der Waals surface area contributed by atoms with Crippen LogP contribution < -0.4 is 16.4 Å². The van der Waals surface area contributed by atoms with Gasteiger partial charge in [-0.2, -0.15) is 0 Å². The Labute approximate surface area is 144 Å². The number of imide groups is 1. The molecule has 6 nitrogen and oxygen atoms in total. The third-order valence-electron chi connectivity index (χ3n) is 3.78. The number of urea groups is 1. The minimum absolute atomic E-state index is 0.0346. The predicted octanol–water partition coefficient (Wildman–Crippen LogP) is 2.97. The van der Waals surface area contributed by atoms with Crippen molar-refractivity contribution in [3.8, 4) is 5.75 Å². The Bertz CT molecular complexity index is 936. The Morgan fingerprint density at radius 2 is 1.60 bits per heavy atom. The number of hydrogen-bond donors (Lipinski definition) is 4. The van der Waals surface area contributed by atoms with E-state index in [0.29, 0.717) is 12.2 Å². The minimum Gasteiger partial charge on any atom is -0.507 e. The van der Waals surface area contributed by atoms with Gasteiger partial charge in [-0.25, -0.2) is 4.79 Å². The van der Waals surface area contributed by atoms with Gasteiger partial charge in [0.05, 0.1) is 5.56 Å². The number of nitrogens with one attached hydrogen (secondary N) is 2. The lowest BCUT2D eigenvalue weighted by atomic mass is 10.1. The van der Waals surface area contributed by atoms with E-state index in [4.69, 9.17) is 5.73 Å². The van der Waals surface area contributed by atoms with Crippen LogP contribution in [0.4, 0.5) is 10.5 Å². The summed E-state index contributed by atoms with van der Waals surface area (Å²) in [4.78, 5) is 24.2. The van der Waals surface area contributed by atoms with Crippen LogP contribution in [-0.4, -0.2) is 17.0 Å². The molecule has 0 heterocycles. The number of phenols is 1. The van der Waals surface area contributed by atoms with Gasteiger partial charge in [-0.05, 0) is 40.6 Å². The van der Waals surface area contributed by atoms with Crippen molar-refractivity contribution >= 4 is 28.4 Å². The van der Waals surface area contributed by atoms with E-state index < -0.39 is 11.9 Å². The molecule has 0 atom stereocenters. The molecule has 0 aliphatic rings. The van der Waals surface area contributed by atoms with Crippen molar-refractivity contribution < 1.29 is 14.7 Å². The van der Waals surface area contributed by atoms with Crippen LogP contribution in [0.2, 0.25) is 0 Å². The number of benzene rings is 3. The number of fused-ring (bicyclic) bond motifs is 1. The summed E-state index contributed by atoms with van der Waals surface area (Å²) in [6, 6.07) is 16.6. The Hall–Kier alpha value is -3.38. The number of aromatic hydroxyl groups is 1. The number of carbonyl (C=O) groups excluding carboxylic acids is 2. The third kappa shape index (κ3) is 3.76. The van der Waals surface area contributed by atoms with Crippen molar-refractivity contribution in [2.45, 2.75) is 6.54 Å². The molecule has 0 aliphatic carbocycles. The third-order valence-corrected chi connectivity index (χ3v) is 3.78. The second-order valence-electron chi connectivity index (χ2n) is 5.53. The molecule has 0 saturated carbocycles. The van der Waals surface area contributed by atoms with Crippen molar-refractivity contribution in [2.24, 2.45) is 5.73 Å². The molecule has 5 N–H and O–H groups in total. The first-order valence-electron chi connectivity index (χ1n) is 7.70. The van der Waals surface area contributed by atoms with E-state index in [1.54, 1.807) is 30.3 Å². The number of anilines is 1. The van der Waals surface area contributed by atoms with Crippen LogP contribution in [-0.2, 0) is 6.54 Å². The zero-order valence-electron chi connectivity index (χ0n) is 13.3. The van der Waals surface area contributed by atoms with Crippen molar-refractivity contribution in [2.75, 3.05) is 5.32 Å². The van der Waals surface area contributed by atoms with Crippen LogP contribution in [0.15, 0.2) is 60.7 Å². The second kappa shape index (κ2) is 7.02. The molecule has 126 valence electrons. The minimum atomic E-state index is -0.682. The van der Waals surface area contributed by atoms with Crippen LogP contribution in [0.25, 0.3) is 10.8 Å². The molecule has 3 aromatic carbocycles. The van der Waals surface area contributed by atoms with Gasteiger partial charge in [0.1, 0.15) is 5.75 Å². The van der Waals surface area contributed by atoms with E-state index in [1.807, 2.05) is 24.3 Å². The molecular weight excluding hydrogens is 318 g/mol. The molecule has 3 aromatic rings. The van der Waals surface area contributed by atoms with Crippen LogP contribution in [0.5, 0.6) is 5.75 Å². The molecule has 3 rings (SSSR count). The van der Waals surface area contributed by atoms with Gasteiger partial charge in [0.15, 0.2) is 0 Å². The molecule has 0 fully saturated rings. The molecule has 3 amide bonds. The number of rotatable bonds is 3. The molecule has 0 bridgehead atoms. The summed E-state index contributed by atoms with van der Waals surface area (Å²) in [7, 11) is 0. The van der Waals surface area contributed by atoms with Gasteiger partial charge in [0.2, 0.25) is 0 Å². The lowest BCUT2D eigenvalue weighted by Crippen LogP contribution is -2.34. The van der Waals surface area contributed by atoms with E-state index in [1.165, 1.54) is 6.07 Å². The fourth-order valence-corrected chi connectivity index (χ4v) is 2.47. The number of carbonyl (C=O) groups is 2. The zero-order chi connectivity index (χ0) is 17.8. The predicted molar refractivity (Wildman–Crippen MR) is 96.4 cm³/mol. The Morgan fingerprint density at radius 3 is 2.24 bits per heavy atom. The van der Waals surface area contributed by atoms with Crippen LogP contribution in [0, 0.1) is 0 Å². The van der Waals surface area contributed by atoms with Crippen molar-refractivity contribution in [1.82, 2.24) is 5.32 Å². The van der Waals surface area contributed by atoms with E-state index in [0.717, 1.165) is 16.3 Å². The summed E-state index contributed by atoms with van der Waals surface area (Å²) in [5.74, 6) is -0.865. The Balaban J connectivity index is 1.72. The van der Waals surface area contributed by atoms with Gasteiger partial charge >= 0.3 is 6.03 Å². The Kier molecular flexibility index (Phi) is 4.63. The summed E-state index contributed by atoms with van der Waals surface area (Å²) >= 11 is 0. The summed E-state index contributed by atoms with van der Waals surface area (Å²) in [6.07, 6.45) is 0. The lowest BCUT2D eigenvalue weighted by molar-refractivity contribution is 0.0964. The van der Waals surface area contributed by atoms with Crippen molar-refractivity contribution in [1.29, 1.82) is 0 Å². The maximum Gasteiger partial charge on any atom is 0.326 e. The van der Waals surface area contributed by atoms with Gasteiger partial charge in [0.25, 0.3) is 5.91 Å². The average molecular weight is 335 g/mol. The SMILES string of the molecule is NCc1ccc(NC(=O)NC(=O)c2cc3ccccc3cc2O)cc1. The standard InChI is InChI=1S/C19H17N3O3/c20-11-12-5-7-15(8-6-12)21-19(25)22-18(24)16-9-13-3-1-2-4-14(13)10-17(16)23/h1-10,23H,11,20H2,(H2,21,22,24,25). The molecule has 0 radical (unpaired) electrons. The largest absolute Gasteiger partial charge is 0.507 e. The summed E-state index contributed by atoms with van der Waals surface area (Å²) in [5.41, 5.74) is 7.02. The Morgan fingerprint density at radius 1 is 0.960 bits per heavy atom. The first-order valence-corrected chi connectivity index (χ1v) is 7.70. The smallest absolute Gasteiger partial charge is 0.326 e. The molecule has 0 aliphatic heterocycles. The first-order chi connectivity index (χ1) is 12.1. The van der Waals surface area contributed by atoms with E-state index in [-0.39, 0.29) is 11.3 Å². The van der Waals surface area contributed by atoms with Crippen molar-refractivity contribution in [3.63, 3.8) is 0 Å². The molecule has 0 spiro atoms. The highest BCUT2D eigenvalue weighted by Gasteiger charge is 2.15. The number of hydrogen-bond acceptors (Lipinski definition) is 4. The second-order valence-corrected chi connectivity index (χ2v) is 5.53. The summed E-state index contributed by atoms with van der Waals surface area (Å²) in [5, 5.41) is 16.4. The number of phenolic OH excluding ortho intramolecular Hbond substituents is 1. The molecule has 0 unspecified atom stereocenters. The fraction of sp³-hybridized carbons (Fsp3) is 0.0526. The van der Waals surface area contributed by atoms with Gasteiger partial charge in [0, 0.05) is 12.2 Å². The molecule has 6 heteroatoms. The van der Waals surface area contributed by atoms with E-state index >= 15 is 0 Å². The van der Waals surface area contributed by atoms with Crippen LogP contribution in [0.3, 0.4) is 0 Å². The highest BCUT2D eigenvalue weighted by atomic mass is 16.3. The van der Waals surface area contributed by atoms with Gasteiger partial charge in [-0.1, -0.05) is 36.4 Å². The lowest BCUT2D eigenvalue weighted by Gasteiger charge is -2.09. The number of nitrogens with two attached hydrogens (primary N) is 1. The topological polar surface area (TPSA) is 104 Å². The zero-order valence-corrected chi connectivity index (χ0v) is 13.3. The van der Waals surface area contributed by atoms with Crippen LogP contribution in [0.1, 0.15) is 15.9 Å². The highest BCUT2D eigenvalue weighted by Crippen LogP contribution is 2.24. The monoisotopic (exact) mass is 335 g/mol. The van der Waals surface area contributed by atoms with E-state index in [2.05, 4.69) is 10.6 Å². The molecule has 0 saturated heterocycles. The molecule has 0 aromatic heterocycles. The van der Waals surface area contributed by atoms with E-state index in [9.17, 15) is 14.7 Å². The average Bonchev–Trinajstić information content (AvgIpc) is 2.61. The first kappa shape index (κ1) is 16.5. The van der Waals surface area contributed by atoms with Gasteiger partial charge in [-0.3, -0.25) is 10.1 Å². The maximum atomic E-state index is 12.3. The number of amides is 3. The van der Waals surface area contributed by atoms with Crippen molar-refractivity contribution in [3.05, 3.63) is 71.8 Å². The highest BCUT2D eigenvalue weighted by molar-refractivity contribution is 6.10. The van der Waals surface area contributed by atoms with Crippen LogP contribution >= 0.6 is 0 Å². The fourth-order valence-electron chi connectivity index (χ4n) is 2.47. The maximum absolute atomic E-state index is 12.3. The molecular formula is C19H17N3O3. The van der Waals surface area contributed by atoms with Gasteiger partial charge < -0.3 is 16.2 Å². The summed E-state index contributed by atoms with van der Waals surface area (Å²) < 4.78 is 0. The summed E-state index contributed by atoms with van der Waals surface area (Å²) in [6.45, 7) is 0.409.